The Hall–Kier alpha value is -1.87. The summed E-state index contributed by atoms with van der Waals surface area (Å²) in [5.41, 5.74) is 6.48. The number of allylic oxidation sites excluding steroid dienone is 1. The molecule has 3 rings (SSSR count). The van der Waals surface area contributed by atoms with Crippen molar-refractivity contribution in [3.8, 4) is 0 Å². The lowest BCUT2D eigenvalue weighted by Crippen LogP contribution is -2.08. The van der Waals surface area contributed by atoms with Crippen LogP contribution < -0.4 is 5.32 Å². The number of aryl methyl sites for hydroxylation is 1. The van der Waals surface area contributed by atoms with Crippen LogP contribution in [0.5, 0.6) is 0 Å². The minimum absolute atomic E-state index is 0.820. The number of rotatable bonds is 4. The number of fused-ring (bicyclic) bond motifs is 1. The van der Waals surface area contributed by atoms with Gasteiger partial charge in [-0.05, 0) is 43.1 Å². The van der Waals surface area contributed by atoms with E-state index in [1.165, 1.54) is 22.4 Å². The van der Waals surface area contributed by atoms with Crippen molar-refractivity contribution in [3.05, 3.63) is 58.4 Å². The first kappa shape index (κ1) is 12.2. The van der Waals surface area contributed by atoms with E-state index in [9.17, 15) is 0 Å². The maximum atomic E-state index is 4.65. The Morgan fingerprint density at radius 3 is 3.11 bits per heavy atom. The van der Waals surface area contributed by atoms with E-state index in [4.69, 9.17) is 0 Å². The van der Waals surface area contributed by atoms with Crippen molar-refractivity contribution >= 4 is 6.08 Å². The number of hydrogen-bond donors (Lipinski definition) is 1. The highest BCUT2D eigenvalue weighted by Crippen LogP contribution is 2.24. The summed E-state index contributed by atoms with van der Waals surface area (Å²) < 4.78 is 2.09. The molecule has 0 atom stereocenters. The lowest BCUT2D eigenvalue weighted by atomic mass is 10.0. The summed E-state index contributed by atoms with van der Waals surface area (Å²) in [6.07, 6.45) is 5.53. The van der Waals surface area contributed by atoms with E-state index in [1.54, 1.807) is 0 Å². The van der Waals surface area contributed by atoms with E-state index < -0.39 is 0 Å². The summed E-state index contributed by atoms with van der Waals surface area (Å²) in [6, 6.07) is 8.71. The van der Waals surface area contributed by atoms with Crippen LogP contribution in [0.2, 0.25) is 0 Å². The molecule has 1 aliphatic rings. The number of hydrogen-bond acceptors (Lipinski definition) is 2. The highest BCUT2D eigenvalue weighted by molar-refractivity contribution is 5.63. The minimum Gasteiger partial charge on any atom is -0.314 e. The third-order valence-electron chi connectivity index (χ3n) is 3.62. The summed E-state index contributed by atoms with van der Waals surface area (Å²) in [5.74, 6) is 0. The van der Waals surface area contributed by atoms with Gasteiger partial charge in [0.2, 0.25) is 0 Å². The highest BCUT2D eigenvalue weighted by atomic mass is 15.3. The van der Waals surface area contributed by atoms with Gasteiger partial charge in [0.1, 0.15) is 0 Å². The van der Waals surface area contributed by atoms with Gasteiger partial charge in [-0.3, -0.25) is 4.68 Å². The zero-order chi connectivity index (χ0) is 13.2. The second-order valence-electron chi connectivity index (χ2n) is 5.06. The Morgan fingerprint density at radius 2 is 2.26 bits per heavy atom. The van der Waals surface area contributed by atoms with Gasteiger partial charge >= 0.3 is 0 Å². The minimum atomic E-state index is 0.820. The van der Waals surface area contributed by atoms with Gasteiger partial charge in [-0.1, -0.05) is 30.4 Å². The fourth-order valence-corrected chi connectivity index (χ4v) is 2.67. The zero-order valence-corrected chi connectivity index (χ0v) is 11.5. The van der Waals surface area contributed by atoms with Crippen molar-refractivity contribution in [2.75, 3.05) is 7.05 Å². The van der Waals surface area contributed by atoms with Gasteiger partial charge in [0.15, 0.2) is 0 Å². The van der Waals surface area contributed by atoms with Crippen LogP contribution >= 0.6 is 0 Å². The Bertz CT molecular complexity index is 623. The monoisotopic (exact) mass is 253 g/mol. The van der Waals surface area contributed by atoms with E-state index in [2.05, 4.69) is 58.4 Å². The van der Waals surface area contributed by atoms with Crippen LogP contribution in [-0.4, -0.2) is 16.8 Å². The number of benzene rings is 1. The first-order valence-electron chi connectivity index (χ1n) is 6.73. The topological polar surface area (TPSA) is 29.9 Å². The standard InChI is InChI=1S/C16H19N3/c1-12-9-15(10-17-2)18-19(12)11-14-7-3-5-13-6-4-8-16(13)14/h3-5,7-9,17H,6,10-11H2,1-2H3. The SMILES string of the molecule is CNCc1cc(C)n(Cc2cccc3c2C=CC3)n1. The molecular weight excluding hydrogens is 234 g/mol. The molecule has 98 valence electrons. The van der Waals surface area contributed by atoms with Crippen LogP contribution in [0.4, 0.5) is 0 Å². The molecule has 0 aliphatic heterocycles. The summed E-state index contributed by atoms with van der Waals surface area (Å²) >= 11 is 0. The molecule has 1 aromatic heterocycles. The van der Waals surface area contributed by atoms with Gasteiger partial charge in [-0.2, -0.15) is 5.10 Å². The maximum absolute atomic E-state index is 4.65. The molecule has 1 aromatic carbocycles. The second kappa shape index (κ2) is 5.02. The summed E-state index contributed by atoms with van der Waals surface area (Å²) in [7, 11) is 1.95. The van der Waals surface area contributed by atoms with Crippen molar-refractivity contribution < 1.29 is 0 Å². The van der Waals surface area contributed by atoms with Crippen molar-refractivity contribution in [1.29, 1.82) is 0 Å². The van der Waals surface area contributed by atoms with Gasteiger partial charge in [0, 0.05) is 12.2 Å². The quantitative estimate of drug-likeness (QED) is 0.907. The summed E-state index contributed by atoms with van der Waals surface area (Å²) in [6.45, 7) is 3.79. The van der Waals surface area contributed by atoms with Gasteiger partial charge in [-0.25, -0.2) is 0 Å². The van der Waals surface area contributed by atoms with Crippen LogP contribution in [0.25, 0.3) is 6.08 Å². The van der Waals surface area contributed by atoms with Crippen LogP contribution in [0.3, 0.4) is 0 Å². The molecule has 3 nitrogen and oxygen atoms in total. The van der Waals surface area contributed by atoms with Crippen LogP contribution in [0.15, 0.2) is 30.3 Å². The van der Waals surface area contributed by atoms with Crippen molar-refractivity contribution in [2.24, 2.45) is 0 Å². The number of nitrogens with zero attached hydrogens (tertiary/aromatic N) is 2. The Kier molecular flexibility index (Phi) is 3.22. The van der Waals surface area contributed by atoms with Crippen LogP contribution in [-0.2, 0) is 19.5 Å². The normalized spacial score (nSPS) is 12.9. The molecule has 0 fully saturated rings. The smallest absolute Gasteiger partial charge is 0.0765 e. The summed E-state index contributed by atoms with van der Waals surface area (Å²) in [4.78, 5) is 0. The molecule has 3 heteroatoms. The predicted molar refractivity (Wildman–Crippen MR) is 78.0 cm³/mol. The molecule has 1 N–H and O–H groups in total. The maximum Gasteiger partial charge on any atom is 0.0765 e. The van der Waals surface area contributed by atoms with Gasteiger partial charge in [0.05, 0.1) is 12.2 Å². The van der Waals surface area contributed by atoms with Crippen LogP contribution in [0, 0.1) is 6.92 Å². The Balaban J connectivity index is 1.89. The molecule has 0 unspecified atom stereocenters. The Labute approximate surface area is 114 Å². The third-order valence-corrected chi connectivity index (χ3v) is 3.62. The number of aromatic nitrogens is 2. The fraction of sp³-hybridized carbons (Fsp3) is 0.312. The average molecular weight is 253 g/mol. The predicted octanol–water partition coefficient (Wildman–Crippen LogP) is 2.53. The molecule has 19 heavy (non-hydrogen) atoms. The first-order valence-corrected chi connectivity index (χ1v) is 6.73. The average Bonchev–Trinajstić information content (AvgIpc) is 2.98. The van der Waals surface area contributed by atoms with Crippen molar-refractivity contribution in [1.82, 2.24) is 15.1 Å². The van der Waals surface area contributed by atoms with Crippen molar-refractivity contribution in [2.45, 2.75) is 26.4 Å². The molecule has 1 heterocycles. The van der Waals surface area contributed by atoms with E-state index in [1.807, 2.05) is 7.05 Å². The second-order valence-corrected chi connectivity index (χ2v) is 5.06. The number of nitrogens with one attached hydrogen (secondary N) is 1. The van der Waals surface area contributed by atoms with Crippen molar-refractivity contribution in [3.63, 3.8) is 0 Å². The first-order chi connectivity index (χ1) is 9.28. The van der Waals surface area contributed by atoms with E-state index >= 15 is 0 Å². The fourth-order valence-electron chi connectivity index (χ4n) is 2.67. The summed E-state index contributed by atoms with van der Waals surface area (Å²) in [5, 5.41) is 7.79. The van der Waals surface area contributed by atoms with Gasteiger partial charge < -0.3 is 5.32 Å². The molecular formula is C16H19N3. The van der Waals surface area contributed by atoms with Crippen LogP contribution in [0.1, 0.15) is 28.1 Å². The largest absolute Gasteiger partial charge is 0.314 e. The molecule has 0 saturated carbocycles. The molecule has 0 saturated heterocycles. The van der Waals surface area contributed by atoms with Gasteiger partial charge in [0.25, 0.3) is 0 Å². The lowest BCUT2D eigenvalue weighted by molar-refractivity contribution is 0.642. The lowest BCUT2D eigenvalue weighted by Gasteiger charge is -2.09. The Morgan fingerprint density at radius 1 is 1.37 bits per heavy atom. The molecule has 0 radical (unpaired) electrons. The third kappa shape index (κ3) is 2.34. The molecule has 2 aromatic rings. The highest BCUT2D eigenvalue weighted by Gasteiger charge is 2.11. The molecule has 0 amide bonds. The molecule has 0 bridgehead atoms. The molecule has 0 spiro atoms. The van der Waals surface area contributed by atoms with E-state index in [-0.39, 0.29) is 0 Å². The zero-order valence-electron chi connectivity index (χ0n) is 11.5. The molecule has 1 aliphatic carbocycles. The van der Waals surface area contributed by atoms with E-state index in [0.29, 0.717) is 0 Å². The van der Waals surface area contributed by atoms with Gasteiger partial charge in [-0.15, -0.1) is 0 Å². The van der Waals surface area contributed by atoms with E-state index in [0.717, 1.165) is 25.2 Å².